The van der Waals surface area contributed by atoms with Crippen molar-refractivity contribution >= 4 is 17.5 Å². The number of Topliss-reactive ketones (excluding diaryl/α,β-unsaturated/α-hetero) is 1. The standard InChI is InChI=1S/C22H33N3O2S/c1-15(2)24-8-10-25(11-9-24)18-12-20(13-18)27-19-6-4-17(5-7-19)22-23-14-21(28-22)16(3)26/h4-7,15,18,20-23H,8-14H2,1-3H3. The van der Waals surface area contributed by atoms with Crippen LogP contribution in [0.4, 0.5) is 0 Å². The molecule has 4 rings (SSSR count). The van der Waals surface area contributed by atoms with Gasteiger partial charge in [-0.05, 0) is 38.5 Å². The topological polar surface area (TPSA) is 44.8 Å². The van der Waals surface area contributed by atoms with Crippen LogP contribution in [0.15, 0.2) is 24.3 Å². The Morgan fingerprint density at radius 2 is 1.82 bits per heavy atom. The summed E-state index contributed by atoms with van der Waals surface area (Å²) in [7, 11) is 0. The molecule has 0 spiro atoms. The van der Waals surface area contributed by atoms with Crippen molar-refractivity contribution in [3.8, 4) is 5.75 Å². The fourth-order valence-electron chi connectivity index (χ4n) is 4.38. The van der Waals surface area contributed by atoms with E-state index >= 15 is 0 Å². The normalized spacial score (nSPS) is 31.7. The highest BCUT2D eigenvalue weighted by molar-refractivity contribution is 8.01. The highest BCUT2D eigenvalue weighted by Crippen LogP contribution is 2.36. The number of rotatable bonds is 6. The van der Waals surface area contributed by atoms with Gasteiger partial charge in [0.05, 0.1) is 10.6 Å². The van der Waals surface area contributed by atoms with E-state index in [2.05, 4.69) is 53.2 Å². The highest BCUT2D eigenvalue weighted by Gasteiger charge is 2.36. The lowest BCUT2D eigenvalue weighted by Crippen LogP contribution is -2.57. The summed E-state index contributed by atoms with van der Waals surface area (Å²) in [6.45, 7) is 11.8. The van der Waals surface area contributed by atoms with Crippen LogP contribution in [0.1, 0.15) is 44.6 Å². The Morgan fingerprint density at radius 1 is 1.14 bits per heavy atom. The Bertz CT molecular complexity index is 667. The molecule has 28 heavy (non-hydrogen) atoms. The molecule has 1 aromatic rings. The third kappa shape index (κ3) is 4.56. The summed E-state index contributed by atoms with van der Waals surface area (Å²) >= 11 is 1.71. The molecule has 0 bridgehead atoms. The number of ketones is 1. The van der Waals surface area contributed by atoms with Gasteiger partial charge in [0, 0.05) is 57.6 Å². The summed E-state index contributed by atoms with van der Waals surface area (Å²) in [5.41, 5.74) is 1.22. The minimum absolute atomic E-state index is 0.0789. The average Bonchev–Trinajstić information content (AvgIpc) is 3.15. The highest BCUT2D eigenvalue weighted by atomic mass is 32.2. The molecule has 0 radical (unpaired) electrons. The largest absolute Gasteiger partial charge is 0.490 e. The minimum atomic E-state index is 0.0789. The van der Waals surface area contributed by atoms with Gasteiger partial charge < -0.3 is 10.1 Å². The molecule has 2 aliphatic heterocycles. The molecule has 0 amide bonds. The number of carbonyl (C=O) groups excluding carboxylic acids is 1. The van der Waals surface area contributed by atoms with E-state index in [1.54, 1.807) is 18.7 Å². The van der Waals surface area contributed by atoms with Crippen LogP contribution < -0.4 is 10.1 Å². The van der Waals surface area contributed by atoms with Gasteiger partial charge in [0.2, 0.25) is 0 Å². The predicted molar refractivity (Wildman–Crippen MR) is 115 cm³/mol. The van der Waals surface area contributed by atoms with Crippen molar-refractivity contribution in [1.29, 1.82) is 0 Å². The maximum atomic E-state index is 11.5. The number of piperazine rings is 1. The monoisotopic (exact) mass is 403 g/mol. The van der Waals surface area contributed by atoms with Crippen molar-refractivity contribution in [3.63, 3.8) is 0 Å². The summed E-state index contributed by atoms with van der Waals surface area (Å²) in [6.07, 6.45) is 2.63. The third-order valence-electron chi connectivity index (χ3n) is 6.39. The van der Waals surface area contributed by atoms with Gasteiger partial charge in [0.15, 0.2) is 0 Å². The van der Waals surface area contributed by atoms with Gasteiger partial charge >= 0.3 is 0 Å². The molecule has 1 N–H and O–H groups in total. The van der Waals surface area contributed by atoms with Crippen LogP contribution in [-0.2, 0) is 4.79 Å². The Labute approximate surface area is 173 Å². The number of hydrogen-bond donors (Lipinski definition) is 1. The predicted octanol–water partition coefficient (Wildman–Crippen LogP) is 2.92. The summed E-state index contributed by atoms with van der Waals surface area (Å²) in [5, 5.41) is 3.72. The molecule has 2 unspecified atom stereocenters. The summed E-state index contributed by atoms with van der Waals surface area (Å²) in [5.74, 6) is 1.22. The smallest absolute Gasteiger partial charge is 0.144 e. The van der Waals surface area contributed by atoms with Crippen molar-refractivity contribution in [2.75, 3.05) is 32.7 Å². The Hall–Kier alpha value is -1.08. The Kier molecular flexibility index (Phi) is 6.30. The molecule has 5 nitrogen and oxygen atoms in total. The number of ether oxygens (including phenoxy) is 1. The van der Waals surface area contributed by atoms with Crippen LogP contribution in [0.2, 0.25) is 0 Å². The van der Waals surface area contributed by atoms with Gasteiger partial charge in [-0.3, -0.25) is 14.6 Å². The molecule has 3 aliphatic rings. The van der Waals surface area contributed by atoms with E-state index in [9.17, 15) is 4.79 Å². The number of thioether (sulfide) groups is 1. The van der Waals surface area contributed by atoms with Crippen molar-refractivity contribution in [1.82, 2.24) is 15.1 Å². The van der Waals surface area contributed by atoms with Gasteiger partial charge in [0.25, 0.3) is 0 Å². The first kappa shape index (κ1) is 20.2. The lowest BCUT2D eigenvalue weighted by Gasteiger charge is -2.46. The van der Waals surface area contributed by atoms with Crippen molar-refractivity contribution in [2.45, 2.75) is 62.4 Å². The molecular formula is C22H33N3O2S. The molecule has 1 saturated carbocycles. The second-order valence-electron chi connectivity index (χ2n) is 8.62. The number of benzene rings is 1. The lowest BCUT2D eigenvalue weighted by atomic mass is 9.87. The van der Waals surface area contributed by atoms with Crippen LogP contribution in [0, 0.1) is 0 Å². The van der Waals surface area contributed by atoms with Gasteiger partial charge in [-0.15, -0.1) is 11.8 Å². The van der Waals surface area contributed by atoms with E-state index in [-0.39, 0.29) is 16.4 Å². The first-order valence-electron chi connectivity index (χ1n) is 10.6. The molecule has 2 heterocycles. The third-order valence-corrected chi connectivity index (χ3v) is 7.93. The van der Waals surface area contributed by atoms with E-state index in [1.807, 2.05) is 0 Å². The molecular weight excluding hydrogens is 370 g/mol. The average molecular weight is 404 g/mol. The fraction of sp³-hybridized carbons (Fsp3) is 0.682. The van der Waals surface area contributed by atoms with E-state index in [4.69, 9.17) is 4.74 Å². The van der Waals surface area contributed by atoms with Gasteiger partial charge in [0.1, 0.15) is 17.6 Å². The van der Waals surface area contributed by atoms with Crippen LogP contribution in [0.25, 0.3) is 0 Å². The van der Waals surface area contributed by atoms with Gasteiger partial charge in [-0.2, -0.15) is 0 Å². The van der Waals surface area contributed by atoms with Crippen molar-refractivity contribution in [2.24, 2.45) is 0 Å². The fourth-order valence-corrected chi connectivity index (χ4v) is 5.59. The molecule has 0 aromatic heterocycles. The first-order valence-corrected chi connectivity index (χ1v) is 11.6. The van der Waals surface area contributed by atoms with Gasteiger partial charge in [-0.25, -0.2) is 0 Å². The number of nitrogens with zero attached hydrogens (tertiary/aromatic N) is 2. The molecule has 6 heteroatoms. The molecule has 154 valence electrons. The van der Waals surface area contributed by atoms with Crippen LogP contribution in [-0.4, -0.2) is 71.7 Å². The van der Waals surface area contributed by atoms with E-state index < -0.39 is 0 Å². The maximum absolute atomic E-state index is 11.5. The van der Waals surface area contributed by atoms with E-state index in [1.165, 1.54) is 31.7 Å². The SMILES string of the molecule is CC(=O)C1CNC(c2ccc(OC3CC(N4CCN(C(C)C)CC4)C3)cc2)S1. The maximum Gasteiger partial charge on any atom is 0.144 e. The zero-order chi connectivity index (χ0) is 19.7. The minimum Gasteiger partial charge on any atom is -0.490 e. The van der Waals surface area contributed by atoms with Crippen molar-refractivity contribution in [3.05, 3.63) is 29.8 Å². The van der Waals surface area contributed by atoms with Gasteiger partial charge in [-0.1, -0.05) is 12.1 Å². The second kappa shape index (κ2) is 8.74. The van der Waals surface area contributed by atoms with Crippen LogP contribution in [0.3, 0.4) is 0 Å². The lowest BCUT2D eigenvalue weighted by molar-refractivity contribution is -0.116. The summed E-state index contributed by atoms with van der Waals surface area (Å²) in [4.78, 5) is 16.8. The number of nitrogens with one attached hydrogen (secondary N) is 1. The quantitative estimate of drug-likeness (QED) is 0.788. The number of carbonyl (C=O) groups is 1. The summed E-state index contributed by atoms with van der Waals surface area (Å²) < 4.78 is 6.19. The van der Waals surface area contributed by atoms with Crippen LogP contribution in [0.5, 0.6) is 5.75 Å². The Balaban J connectivity index is 1.21. The first-order chi connectivity index (χ1) is 13.5. The van der Waals surface area contributed by atoms with Crippen molar-refractivity contribution < 1.29 is 9.53 Å². The second-order valence-corrected chi connectivity index (χ2v) is 9.94. The van der Waals surface area contributed by atoms with E-state index in [0.29, 0.717) is 18.2 Å². The molecule has 2 saturated heterocycles. The number of hydrogen-bond acceptors (Lipinski definition) is 6. The Morgan fingerprint density at radius 3 is 2.39 bits per heavy atom. The van der Waals surface area contributed by atoms with E-state index in [0.717, 1.165) is 25.1 Å². The molecule has 1 aliphatic carbocycles. The molecule has 2 atom stereocenters. The zero-order valence-electron chi connectivity index (χ0n) is 17.3. The molecule has 3 fully saturated rings. The zero-order valence-corrected chi connectivity index (χ0v) is 18.1. The summed E-state index contributed by atoms with van der Waals surface area (Å²) in [6, 6.07) is 9.77. The van der Waals surface area contributed by atoms with Crippen LogP contribution >= 0.6 is 11.8 Å². The molecule has 1 aromatic carbocycles.